The number of hydrogen-bond acceptors (Lipinski definition) is 6. The normalized spacial score (nSPS) is 19.8. The van der Waals surface area contributed by atoms with Gasteiger partial charge in [-0.15, -0.1) is 0 Å². The minimum absolute atomic E-state index is 0.00701. The number of allylic oxidation sites excluding steroid dienone is 1. The number of benzene rings is 1. The fourth-order valence-electron chi connectivity index (χ4n) is 4.09. The first-order chi connectivity index (χ1) is 16.0. The average molecular weight is 491 g/mol. The molecule has 1 fully saturated rings. The number of hydrogen-bond donors (Lipinski definition) is 1. The minimum atomic E-state index is -0.772. The third-order valence-corrected chi connectivity index (χ3v) is 6.49. The molecule has 1 amide bonds. The highest BCUT2D eigenvalue weighted by Gasteiger charge is 2.42. The van der Waals surface area contributed by atoms with E-state index in [1.54, 1.807) is 30.3 Å². The van der Waals surface area contributed by atoms with Crippen molar-refractivity contribution in [2.24, 2.45) is 0 Å². The van der Waals surface area contributed by atoms with Gasteiger partial charge in [0.05, 0.1) is 41.1 Å². The molecule has 4 rings (SSSR count). The van der Waals surface area contributed by atoms with Gasteiger partial charge in [-0.1, -0.05) is 29.3 Å². The summed E-state index contributed by atoms with van der Waals surface area (Å²) in [5.74, 6) is -1.13. The van der Waals surface area contributed by atoms with Crippen molar-refractivity contribution in [3.05, 3.63) is 75.4 Å². The number of carbonyl (C=O) groups is 2. The Morgan fingerprint density at radius 3 is 2.64 bits per heavy atom. The third-order valence-electron chi connectivity index (χ3n) is 5.75. The van der Waals surface area contributed by atoms with Crippen molar-refractivity contribution in [2.45, 2.75) is 12.5 Å². The van der Waals surface area contributed by atoms with Crippen LogP contribution in [-0.4, -0.2) is 66.0 Å². The lowest BCUT2D eigenvalue weighted by molar-refractivity contribution is -0.129. The second kappa shape index (κ2) is 10.6. The lowest BCUT2D eigenvalue weighted by atomic mass is 9.95. The lowest BCUT2D eigenvalue weighted by Gasteiger charge is -2.30. The highest BCUT2D eigenvalue weighted by molar-refractivity contribution is 6.42. The van der Waals surface area contributed by atoms with E-state index in [-0.39, 0.29) is 5.57 Å². The molecule has 1 saturated heterocycles. The van der Waals surface area contributed by atoms with Crippen molar-refractivity contribution in [1.82, 2.24) is 9.80 Å². The van der Waals surface area contributed by atoms with Gasteiger partial charge in [-0.2, -0.15) is 0 Å². The van der Waals surface area contributed by atoms with E-state index in [1.165, 1.54) is 23.3 Å². The molecule has 2 aromatic rings. The van der Waals surface area contributed by atoms with E-state index in [1.807, 2.05) is 0 Å². The van der Waals surface area contributed by atoms with Crippen LogP contribution in [-0.2, 0) is 14.3 Å². The summed E-state index contributed by atoms with van der Waals surface area (Å²) in [4.78, 5) is 29.9. The summed E-state index contributed by atoms with van der Waals surface area (Å²) < 4.78 is 10.6. The predicted octanol–water partition coefficient (Wildman–Crippen LogP) is 4.29. The number of amides is 1. The Kier molecular flexibility index (Phi) is 7.55. The van der Waals surface area contributed by atoms with Crippen molar-refractivity contribution in [1.29, 1.82) is 0 Å². The summed E-state index contributed by atoms with van der Waals surface area (Å²) in [6.45, 7) is 4.21. The zero-order valence-electron chi connectivity index (χ0n) is 17.9. The predicted molar refractivity (Wildman–Crippen MR) is 125 cm³/mol. The molecule has 9 heteroatoms. The maximum Gasteiger partial charge on any atom is 0.290 e. The van der Waals surface area contributed by atoms with E-state index in [0.717, 1.165) is 19.6 Å². The van der Waals surface area contributed by atoms with E-state index in [4.69, 9.17) is 32.4 Å². The van der Waals surface area contributed by atoms with E-state index >= 15 is 0 Å². The molecule has 1 aromatic heterocycles. The van der Waals surface area contributed by atoms with Gasteiger partial charge in [-0.25, -0.2) is 0 Å². The van der Waals surface area contributed by atoms with Gasteiger partial charge in [0.1, 0.15) is 5.76 Å². The number of nitrogens with zero attached hydrogens (tertiary/aromatic N) is 2. The second-order valence-electron chi connectivity index (χ2n) is 7.86. The molecular formula is C24H24Cl2N2O5. The molecule has 1 N–H and O–H groups in total. The fraction of sp³-hybridized carbons (Fsp3) is 0.333. The smallest absolute Gasteiger partial charge is 0.290 e. The summed E-state index contributed by atoms with van der Waals surface area (Å²) in [5.41, 5.74) is 0.607. The fourth-order valence-corrected chi connectivity index (χ4v) is 4.39. The molecule has 0 aliphatic carbocycles. The first-order valence-corrected chi connectivity index (χ1v) is 11.5. The Morgan fingerprint density at radius 1 is 1.15 bits per heavy atom. The quantitative estimate of drug-likeness (QED) is 0.555. The van der Waals surface area contributed by atoms with Gasteiger partial charge in [0.2, 0.25) is 0 Å². The summed E-state index contributed by atoms with van der Waals surface area (Å²) >= 11 is 12.3. The number of morpholine rings is 1. The minimum Gasteiger partial charge on any atom is -0.503 e. The SMILES string of the molecule is O=C(/C=C/c1ccco1)C1=C(O)C(=O)N(CCCN2CCOCC2)C1c1ccc(Cl)c(Cl)c1. The van der Waals surface area contributed by atoms with Crippen LogP contribution in [0.2, 0.25) is 10.0 Å². The molecule has 1 aromatic carbocycles. The van der Waals surface area contributed by atoms with Crippen molar-refractivity contribution in [3.63, 3.8) is 0 Å². The standard InChI is InChI=1S/C24H24Cl2N2O5/c25-18-6-4-16(15-19(18)26)22-21(20(29)7-5-17-3-1-12-33-17)23(30)24(31)28(22)9-2-8-27-10-13-32-14-11-27/h1,3-7,12,15,22,30H,2,8-11,13-14H2/b7-5+. The zero-order chi connectivity index (χ0) is 23.4. The van der Waals surface area contributed by atoms with E-state index in [2.05, 4.69) is 4.90 Å². The third kappa shape index (κ3) is 5.33. The van der Waals surface area contributed by atoms with Gasteiger partial charge in [0, 0.05) is 26.2 Å². The summed E-state index contributed by atoms with van der Waals surface area (Å²) in [6, 6.07) is 7.58. The molecule has 0 spiro atoms. The Morgan fingerprint density at radius 2 is 1.94 bits per heavy atom. The Hall–Kier alpha value is -2.58. The molecule has 174 valence electrons. The number of ketones is 1. The topological polar surface area (TPSA) is 83.2 Å². The molecule has 3 heterocycles. The number of rotatable bonds is 8. The molecule has 2 aliphatic heterocycles. The number of furan rings is 1. The van der Waals surface area contributed by atoms with Gasteiger partial charge in [0.25, 0.3) is 5.91 Å². The second-order valence-corrected chi connectivity index (χ2v) is 8.67. The van der Waals surface area contributed by atoms with Crippen LogP contribution in [0.15, 0.2) is 58.4 Å². The molecule has 33 heavy (non-hydrogen) atoms. The molecule has 2 aliphatic rings. The summed E-state index contributed by atoms with van der Waals surface area (Å²) in [6.07, 6.45) is 4.97. The number of aliphatic hydroxyl groups is 1. The Labute approximate surface area is 201 Å². The van der Waals surface area contributed by atoms with Crippen LogP contribution < -0.4 is 0 Å². The van der Waals surface area contributed by atoms with Crippen molar-refractivity contribution in [2.75, 3.05) is 39.4 Å². The van der Waals surface area contributed by atoms with Crippen LogP contribution in [0.3, 0.4) is 0 Å². The molecule has 1 unspecified atom stereocenters. The maximum atomic E-state index is 13.1. The van der Waals surface area contributed by atoms with Gasteiger partial charge < -0.3 is 19.2 Å². The zero-order valence-corrected chi connectivity index (χ0v) is 19.4. The number of carbonyl (C=O) groups excluding carboxylic acids is 2. The van der Waals surface area contributed by atoms with Crippen LogP contribution in [0.4, 0.5) is 0 Å². The van der Waals surface area contributed by atoms with Crippen LogP contribution in [0.1, 0.15) is 23.8 Å². The van der Waals surface area contributed by atoms with Gasteiger partial charge in [-0.05, 0) is 48.4 Å². The lowest BCUT2D eigenvalue weighted by Crippen LogP contribution is -2.39. The van der Waals surface area contributed by atoms with E-state index in [0.29, 0.717) is 47.5 Å². The van der Waals surface area contributed by atoms with Gasteiger partial charge in [-0.3, -0.25) is 14.5 Å². The summed E-state index contributed by atoms with van der Waals surface area (Å²) in [7, 11) is 0. The number of aliphatic hydroxyl groups excluding tert-OH is 1. The Bertz CT molecular complexity index is 1070. The van der Waals surface area contributed by atoms with Crippen LogP contribution >= 0.6 is 23.2 Å². The molecule has 7 nitrogen and oxygen atoms in total. The average Bonchev–Trinajstić information content (AvgIpc) is 3.42. The van der Waals surface area contributed by atoms with Crippen molar-refractivity contribution in [3.8, 4) is 0 Å². The maximum absolute atomic E-state index is 13.1. The number of halogens is 2. The van der Waals surface area contributed by atoms with E-state index in [9.17, 15) is 14.7 Å². The van der Waals surface area contributed by atoms with Crippen molar-refractivity contribution < 1.29 is 23.8 Å². The summed E-state index contributed by atoms with van der Waals surface area (Å²) in [5, 5.41) is 11.4. The van der Waals surface area contributed by atoms with Gasteiger partial charge in [0.15, 0.2) is 11.5 Å². The first-order valence-electron chi connectivity index (χ1n) is 10.7. The van der Waals surface area contributed by atoms with Gasteiger partial charge >= 0.3 is 0 Å². The van der Waals surface area contributed by atoms with Crippen LogP contribution in [0.5, 0.6) is 0 Å². The highest BCUT2D eigenvalue weighted by atomic mass is 35.5. The number of ether oxygens (including phenoxy) is 1. The van der Waals surface area contributed by atoms with Crippen molar-refractivity contribution >= 4 is 41.0 Å². The molecular weight excluding hydrogens is 467 g/mol. The monoisotopic (exact) mass is 490 g/mol. The van der Waals surface area contributed by atoms with Crippen LogP contribution in [0.25, 0.3) is 6.08 Å². The molecule has 0 saturated carbocycles. The largest absolute Gasteiger partial charge is 0.503 e. The highest BCUT2D eigenvalue weighted by Crippen LogP contribution is 2.39. The first kappa shape index (κ1) is 23.6. The van der Waals surface area contributed by atoms with E-state index < -0.39 is 23.5 Å². The van der Waals surface area contributed by atoms with Crippen LogP contribution in [0, 0.1) is 0 Å². The molecule has 1 atom stereocenters. The molecule has 0 radical (unpaired) electrons. The molecule has 0 bridgehead atoms. The Balaban J connectivity index is 1.59.